The van der Waals surface area contributed by atoms with Crippen molar-refractivity contribution < 1.29 is 80.2 Å². The van der Waals surface area contributed by atoms with E-state index >= 15 is 0 Å². The molecule has 19 heteroatoms. The number of phosphoric acid groups is 2. The van der Waals surface area contributed by atoms with E-state index in [0.29, 0.717) is 25.7 Å². The molecule has 0 aliphatic heterocycles. The number of carbonyl (C=O) groups excluding carboxylic acids is 4. The van der Waals surface area contributed by atoms with E-state index in [1.807, 2.05) is 0 Å². The van der Waals surface area contributed by atoms with Crippen molar-refractivity contribution in [2.75, 3.05) is 39.6 Å². The lowest BCUT2D eigenvalue weighted by Gasteiger charge is -2.21. The van der Waals surface area contributed by atoms with Gasteiger partial charge in [-0.05, 0) is 49.4 Å². The second kappa shape index (κ2) is 61.6. The summed E-state index contributed by atoms with van der Waals surface area (Å²) >= 11 is 0. The average molecular weight is 1340 g/mol. The summed E-state index contributed by atoms with van der Waals surface area (Å²) in [5.74, 6) is 0.900. The van der Waals surface area contributed by atoms with Gasteiger partial charge in [-0.25, -0.2) is 9.13 Å². The number of unbranched alkanes of at least 4 members (excludes halogenated alkanes) is 34. The molecule has 0 heterocycles. The summed E-state index contributed by atoms with van der Waals surface area (Å²) in [6.07, 6.45) is 44.4. The number of ether oxygens (including phenoxy) is 4. The van der Waals surface area contributed by atoms with Crippen molar-refractivity contribution in [1.82, 2.24) is 0 Å². The van der Waals surface area contributed by atoms with Crippen LogP contribution in [-0.2, 0) is 65.4 Å². The number of aliphatic hydroxyl groups is 1. The van der Waals surface area contributed by atoms with Crippen molar-refractivity contribution in [2.24, 2.45) is 23.7 Å². The van der Waals surface area contributed by atoms with Gasteiger partial charge in [-0.3, -0.25) is 37.3 Å². The first-order valence-electron chi connectivity index (χ1n) is 37.2. The Morgan fingerprint density at radius 3 is 0.780 bits per heavy atom. The highest BCUT2D eigenvalue weighted by atomic mass is 31.2. The Kier molecular flexibility index (Phi) is 60.3. The summed E-state index contributed by atoms with van der Waals surface area (Å²) in [4.78, 5) is 72.6. The standard InChI is InChI=1S/C72H140O17P2/c1-9-65(8)51-43-35-27-21-23-29-37-45-53-70(75)83-59-67(88-71(76)54-46-38-30-18-14-12-10-11-13-16-24-32-40-48-62(2)3)60-86-90(78,79)84-56-66(73)57-85-91(80,81)87-61-68(58-82-69(74)52-44-36-28-22-20-26-34-42-50-64(6)7)89-72(77)55-47-39-31-19-15-17-25-33-41-49-63(4)5/h62-68,73H,9-61H2,1-8H3,(H,78,79)(H,80,81)/t65?,66?,67-,68-/m1/s1. The number of phosphoric ester groups is 2. The summed E-state index contributed by atoms with van der Waals surface area (Å²) in [5, 5.41) is 10.6. The highest BCUT2D eigenvalue weighted by Crippen LogP contribution is 2.45. The molecule has 0 bridgehead atoms. The lowest BCUT2D eigenvalue weighted by molar-refractivity contribution is -0.161. The summed E-state index contributed by atoms with van der Waals surface area (Å²) in [6.45, 7) is 14.1. The summed E-state index contributed by atoms with van der Waals surface area (Å²) in [5.41, 5.74) is 0. The average Bonchev–Trinajstić information content (AvgIpc) is 2.87. The second-order valence-corrected chi connectivity index (χ2v) is 30.6. The first kappa shape index (κ1) is 89.1. The van der Waals surface area contributed by atoms with E-state index in [1.54, 1.807) is 0 Å². The van der Waals surface area contributed by atoms with E-state index in [0.717, 1.165) is 114 Å². The maximum Gasteiger partial charge on any atom is 0.472 e. The van der Waals surface area contributed by atoms with Crippen LogP contribution in [0.2, 0.25) is 0 Å². The summed E-state index contributed by atoms with van der Waals surface area (Å²) < 4.78 is 68.4. The molecule has 540 valence electrons. The number of rotatable bonds is 69. The van der Waals surface area contributed by atoms with Crippen LogP contribution < -0.4 is 0 Å². The normalized spacial score (nSPS) is 14.5. The zero-order chi connectivity index (χ0) is 67.5. The van der Waals surface area contributed by atoms with Crippen LogP contribution in [0, 0.1) is 23.7 Å². The van der Waals surface area contributed by atoms with Gasteiger partial charge in [0, 0.05) is 25.7 Å². The molecule has 0 rings (SSSR count). The van der Waals surface area contributed by atoms with Crippen LogP contribution in [0.5, 0.6) is 0 Å². The van der Waals surface area contributed by atoms with Crippen molar-refractivity contribution in [1.29, 1.82) is 0 Å². The van der Waals surface area contributed by atoms with E-state index in [4.69, 9.17) is 37.0 Å². The Labute approximate surface area is 556 Å². The van der Waals surface area contributed by atoms with Gasteiger partial charge in [-0.2, -0.15) is 0 Å². The first-order chi connectivity index (χ1) is 43.6. The van der Waals surface area contributed by atoms with E-state index in [9.17, 15) is 43.2 Å². The minimum absolute atomic E-state index is 0.104. The number of carbonyl (C=O) groups is 4. The third kappa shape index (κ3) is 65.1. The molecule has 17 nitrogen and oxygen atoms in total. The minimum atomic E-state index is -4.95. The van der Waals surface area contributed by atoms with E-state index in [2.05, 4.69) is 55.4 Å². The number of esters is 4. The van der Waals surface area contributed by atoms with Gasteiger partial charge in [0.2, 0.25) is 0 Å². The van der Waals surface area contributed by atoms with Crippen LogP contribution in [0.4, 0.5) is 0 Å². The lowest BCUT2D eigenvalue weighted by atomic mass is 9.99. The molecule has 0 spiro atoms. The molecular weight excluding hydrogens is 1200 g/mol. The van der Waals surface area contributed by atoms with Gasteiger partial charge in [-0.15, -0.1) is 0 Å². The van der Waals surface area contributed by atoms with Gasteiger partial charge < -0.3 is 33.8 Å². The van der Waals surface area contributed by atoms with E-state index < -0.39 is 97.5 Å². The van der Waals surface area contributed by atoms with Crippen molar-refractivity contribution in [3.05, 3.63) is 0 Å². The minimum Gasteiger partial charge on any atom is -0.462 e. The van der Waals surface area contributed by atoms with Gasteiger partial charge in [-0.1, -0.05) is 306 Å². The van der Waals surface area contributed by atoms with Crippen LogP contribution in [0.1, 0.15) is 357 Å². The monoisotopic (exact) mass is 1340 g/mol. The third-order valence-corrected chi connectivity index (χ3v) is 18.8. The molecular formula is C72H140O17P2. The number of aliphatic hydroxyl groups excluding tert-OH is 1. The fraction of sp³-hybridized carbons (Fsp3) is 0.944. The number of hydrogen-bond donors (Lipinski definition) is 3. The van der Waals surface area contributed by atoms with Gasteiger partial charge in [0.05, 0.1) is 26.4 Å². The molecule has 0 aliphatic rings. The SMILES string of the molecule is CCC(C)CCCCCCCCCCC(=O)OC[C@H](COP(=O)(O)OCC(O)COP(=O)(O)OC[C@@H](COC(=O)CCCCCCCCCCC(C)C)OC(=O)CCCCCCCCCCCC(C)C)OC(=O)CCCCCCCCCCCCCCCC(C)C. The fourth-order valence-corrected chi connectivity index (χ4v) is 12.4. The molecule has 0 saturated carbocycles. The molecule has 0 radical (unpaired) electrons. The quantitative estimate of drug-likeness (QED) is 0.0222. The predicted octanol–water partition coefficient (Wildman–Crippen LogP) is 20.5. The third-order valence-electron chi connectivity index (χ3n) is 16.9. The molecule has 6 atom stereocenters. The molecule has 0 aliphatic carbocycles. The molecule has 0 aromatic heterocycles. The second-order valence-electron chi connectivity index (χ2n) is 27.6. The Bertz CT molecular complexity index is 1800. The maximum absolute atomic E-state index is 13.0. The van der Waals surface area contributed by atoms with Crippen molar-refractivity contribution >= 4 is 39.5 Å². The Morgan fingerprint density at radius 1 is 0.308 bits per heavy atom. The Balaban J connectivity index is 5.26. The highest BCUT2D eigenvalue weighted by molar-refractivity contribution is 7.47. The fourth-order valence-electron chi connectivity index (χ4n) is 10.8. The Morgan fingerprint density at radius 2 is 0.527 bits per heavy atom. The van der Waals surface area contributed by atoms with Gasteiger partial charge >= 0.3 is 39.5 Å². The first-order valence-corrected chi connectivity index (χ1v) is 40.2. The van der Waals surface area contributed by atoms with Crippen LogP contribution in [0.25, 0.3) is 0 Å². The van der Waals surface area contributed by atoms with Crippen LogP contribution in [-0.4, -0.2) is 96.7 Å². The van der Waals surface area contributed by atoms with Crippen molar-refractivity contribution in [3.8, 4) is 0 Å². The van der Waals surface area contributed by atoms with Crippen molar-refractivity contribution in [3.63, 3.8) is 0 Å². The van der Waals surface area contributed by atoms with Crippen LogP contribution in [0.15, 0.2) is 0 Å². The molecule has 0 fully saturated rings. The topological polar surface area (TPSA) is 237 Å². The molecule has 91 heavy (non-hydrogen) atoms. The predicted molar refractivity (Wildman–Crippen MR) is 367 cm³/mol. The van der Waals surface area contributed by atoms with Crippen LogP contribution >= 0.6 is 15.6 Å². The number of hydrogen-bond acceptors (Lipinski definition) is 15. The summed E-state index contributed by atoms with van der Waals surface area (Å²) in [6, 6.07) is 0. The van der Waals surface area contributed by atoms with E-state index in [1.165, 1.54) is 161 Å². The van der Waals surface area contributed by atoms with Gasteiger partial charge in [0.1, 0.15) is 19.3 Å². The van der Waals surface area contributed by atoms with E-state index in [-0.39, 0.29) is 25.7 Å². The van der Waals surface area contributed by atoms with Gasteiger partial charge in [0.15, 0.2) is 12.2 Å². The highest BCUT2D eigenvalue weighted by Gasteiger charge is 2.30. The molecule has 4 unspecified atom stereocenters. The molecule has 0 aromatic rings. The van der Waals surface area contributed by atoms with Crippen molar-refractivity contribution in [2.45, 2.75) is 375 Å². The molecule has 3 N–H and O–H groups in total. The molecule has 0 amide bonds. The molecule has 0 aromatic carbocycles. The van der Waals surface area contributed by atoms with Crippen LogP contribution in [0.3, 0.4) is 0 Å². The maximum atomic E-state index is 13.0. The smallest absolute Gasteiger partial charge is 0.462 e. The lowest BCUT2D eigenvalue weighted by Crippen LogP contribution is -2.30. The zero-order valence-electron chi connectivity index (χ0n) is 59.5. The Hall–Kier alpha value is -1.94. The van der Waals surface area contributed by atoms with Gasteiger partial charge in [0.25, 0.3) is 0 Å². The zero-order valence-corrected chi connectivity index (χ0v) is 61.3. The molecule has 0 saturated heterocycles. The largest absolute Gasteiger partial charge is 0.472 e. The summed E-state index contributed by atoms with van der Waals surface area (Å²) in [7, 11) is -9.91.